The standard InChI is InChI=1S/C18H22N2O3S/c1-4-5-15-19-12(3)16(24-15)17(21)20-14-8-6-13(7-9-14)10-11(2)18(22)23/h6-9,11H,4-5,10H2,1-3H3,(H,20,21)(H,22,23). The first kappa shape index (κ1) is 18.1. The summed E-state index contributed by atoms with van der Waals surface area (Å²) in [7, 11) is 0. The maximum absolute atomic E-state index is 12.4. The van der Waals surface area contributed by atoms with Crippen LogP contribution in [0.4, 0.5) is 5.69 Å². The van der Waals surface area contributed by atoms with Crippen molar-refractivity contribution in [1.29, 1.82) is 0 Å². The molecule has 1 amide bonds. The summed E-state index contributed by atoms with van der Waals surface area (Å²) in [4.78, 5) is 28.3. The van der Waals surface area contributed by atoms with Crippen molar-refractivity contribution in [1.82, 2.24) is 4.98 Å². The molecule has 1 unspecified atom stereocenters. The molecule has 24 heavy (non-hydrogen) atoms. The highest BCUT2D eigenvalue weighted by molar-refractivity contribution is 7.13. The van der Waals surface area contributed by atoms with Gasteiger partial charge in [-0.1, -0.05) is 26.0 Å². The fourth-order valence-electron chi connectivity index (χ4n) is 2.34. The number of benzene rings is 1. The van der Waals surface area contributed by atoms with Gasteiger partial charge < -0.3 is 10.4 Å². The number of aliphatic carboxylic acids is 1. The number of aromatic nitrogens is 1. The van der Waals surface area contributed by atoms with Crippen molar-refractivity contribution in [2.45, 2.75) is 40.0 Å². The predicted molar refractivity (Wildman–Crippen MR) is 95.7 cm³/mol. The number of carboxylic acids is 1. The van der Waals surface area contributed by atoms with Gasteiger partial charge in [0.15, 0.2) is 0 Å². The highest BCUT2D eigenvalue weighted by atomic mass is 32.1. The molecule has 1 aromatic carbocycles. The molecule has 2 N–H and O–H groups in total. The van der Waals surface area contributed by atoms with E-state index in [4.69, 9.17) is 5.11 Å². The van der Waals surface area contributed by atoms with Crippen LogP contribution in [0.25, 0.3) is 0 Å². The molecular weight excluding hydrogens is 324 g/mol. The number of hydrogen-bond donors (Lipinski definition) is 2. The Balaban J connectivity index is 2.03. The fourth-order valence-corrected chi connectivity index (χ4v) is 3.40. The number of aryl methyl sites for hydroxylation is 2. The van der Waals surface area contributed by atoms with Crippen molar-refractivity contribution in [3.05, 3.63) is 45.4 Å². The van der Waals surface area contributed by atoms with E-state index in [1.165, 1.54) is 11.3 Å². The third-order valence-corrected chi connectivity index (χ3v) is 4.90. The zero-order valence-electron chi connectivity index (χ0n) is 14.1. The Morgan fingerprint density at radius 2 is 1.96 bits per heavy atom. The summed E-state index contributed by atoms with van der Waals surface area (Å²) in [6.45, 7) is 5.61. The van der Waals surface area contributed by atoms with E-state index >= 15 is 0 Å². The Morgan fingerprint density at radius 3 is 2.54 bits per heavy atom. The van der Waals surface area contributed by atoms with E-state index in [-0.39, 0.29) is 5.91 Å². The maximum atomic E-state index is 12.4. The number of rotatable bonds is 7. The maximum Gasteiger partial charge on any atom is 0.306 e. The SMILES string of the molecule is CCCc1nc(C)c(C(=O)Nc2ccc(CC(C)C(=O)O)cc2)s1. The van der Waals surface area contributed by atoms with Crippen LogP contribution in [0, 0.1) is 12.8 Å². The Hall–Kier alpha value is -2.21. The Labute approximate surface area is 145 Å². The molecule has 1 heterocycles. The van der Waals surface area contributed by atoms with Crippen LogP contribution in [0.5, 0.6) is 0 Å². The quantitative estimate of drug-likeness (QED) is 0.796. The molecule has 0 radical (unpaired) electrons. The van der Waals surface area contributed by atoms with Gasteiger partial charge in [-0.2, -0.15) is 0 Å². The molecule has 0 aliphatic carbocycles. The van der Waals surface area contributed by atoms with E-state index in [2.05, 4.69) is 17.2 Å². The van der Waals surface area contributed by atoms with Crippen LogP contribution in [0.3, 0.4) is 0 Å². The van der Waals surface area contributed by atoms with Crippen LogP contribution in [-0.2, 0) is 17.6 Å². The van der Waals surface area contributed by atoms with Gasteiger partial charge >= 0.3 is 5.97 Å². The number of carbonyl (C=O) groups is 2. The molecule has 0 saturated carbocycles. The molecule has 0 spiro atoms. The van der Waals surface area contributed by atoms with Crippen molar-refractivity contribution in [3.63, 3.8) is 0 Å². The van der Waals surface area contributed by atoms with Gasteiger partial charge in [-0.15, -0.1) is 11.3 Å². The Kier molecular flexibility index (Phi) is 6.09. The molecule has 1 aromatic heterocycles. The van der Waals surface area contributed by atoms with Gasteiger partial charge in [-0.25, -0.2) is 4.98 Å². The molecule has 2 rings (SSSR count). The molecule has 0 bridgehead atoms. The van der Waals surface area contributed by atoms with Crippen molar-refractivity contribution in [2.75, 3.05) is 5.32 Å². The van der Waals surface area contributed by atoms with Gasteiger partial charge in [0, 0.05) is 5.69 Å². The summed E-state index contributed by atoms with van der Waals surface area (Å²) >= 11 is 1.44. The van der Waals surface area contributed by atoms with Gasteiger partial charge in [-0.3, -0.25) is 9.59 Å². The molecule has 0 fully saturated rings. The summed E-state index contributed by atoms with van der Waals surface area (Å²) in [5.41, 5.74) is 2.38. The van der Waals surface area contributed by atoms with Crippen molar-refractivity contribution >= 4 is 28.9 Å². The van der Waals surface area contributed by atoms with Gasteiger partial charge in [0.1, 0.15) is 4.88 Å². The van der Waals surface area contributed by atoms with Crippen LogP contribution < -0.4 is 5.32 Å². The number of carboxylic acid groups (broad SMARTS) is 1. The predicted octanol–water partition coefficient (Wildman–Crippen LogP) is 3.92. The van der Waals surface area contributed by atoms with E-state index in [1.807, 2.05) is 19.1 Å². The van der Waals surface area contributed by atoms with Gasteiger partial charge in [0.2, 0.25) is 0 Å². The first-order chi connectivity index (χ1) is 11.4. The number of nitrogens with zero attached hydrogens (tertiary/aromatic N) is 1. The first-order valence-corrected chi connectivity index (χ1v) is 8.81. The lowest BCUT2D eigenvalue weighted by Gasteiger charge is -2.08. The van der Waals surface area contributed by atoms with Gasteiger partial charge in [-0.05, 0) is 43.9 Å². The summed E-state index contributed by atoms with van der Waals surface area (Å²) in [5.74, 6) is -1.39. The summed E-state index contributed by atoms with van der Waals surface area (Å²) in [6.07, 6.45) is 2.36. The number of anilines is 1. The van der Waals surface area contributed by atoms with Crippen molar-refractivity contribution in [3.8, 4) is 0 Å². The number of hydrogen-bond acceptors (Lipinski definition) is 4. The molecule has 0 saturated heterocycles. The Morgan fingerprint density at radius 1 is 1.29 bits per heavy atom. The normalized spacial score (nSPS) is 12.0. The van der Waals surface area contributed by atoms with Crippen LogP contribution in [0.2, 0.25) is 0 Å². The number of thiazole rings is 1. The van der Waals surface area contributed by atoms with Crippen LogP contribution >= 0.6 is 11.3 Å². The van der Waals surface area contributed by atoms with E-state index in [1.54, 1.807) is 19.1 Å². The zero-order valence-corrected chi connectivity index (χ0v) is 14.9. The van der Waals surface area contributed by atoms with Crippen LogP contribution in [-0.4, -0.2) is 22.0 Å². The minimum atomic E-state index is -0.809. The number of carbonyl (C=O) groups excluding carboxylic acids is 1. The highest BCUT2D eigenvalue weighted by Crippen LogP contribution is 2.21. The average molecular weight is 346 g/mol. The van der Waals surface area contributed by atoms with Crippen LogP contribution in [0.1, 0.15) is 46.2 Å². The van der Waals surface area contributed by atoms with Crippen molar-refractivity contribution < 1.29 is 14.7 Å². The smallest absolute Gasteiger partial charge is 0.306 e. The number of amides is 1. The van der Waals surface area contributed by atoms with E-state index in [0.717, 1.165) is 29.1 Å². The fraction of sp³-hybridized carbons (Fsp3) is 0.389. The van der Waals surface area contributed by atoms with E-state index in [9.17, 15) is 9.59 Å². The van der Waals surface area contributed by atoms with E-state index < -0.39 is 11.9 Å². The highest BCUT2D eigenvalue weighted by Gasteiger charge is 2.15. The van der Waals surface area contributed by atoms with Gasteiger partial charge in [0.25, 0.3) is 5.91 Å². The first-order valence-electron chi connectivity index (χ1n) is 8.00. The molecular formula is C18H22N2O3S. The lowest BCUT2D eigenvalue weighted by molar-refractivity contribution is -0.141. The molecule has 6 heteroatoms. The Bertz CT molecular complexity index is 722. The second kappa shape index (κ2) is 8.06. The molecule has 0 aliphatic heterocycles. The topological polar surface area (TPSA) is 79.3 Å². The lowest BCUT2D eigenvalue weighted by atomic mass is 10.0. The van der Waals surface area contributed by atoms with Gasteiger partial charge in [0.05, 0.1) is 16.6 Å². The third-order valence-electron chi connectivity index (χ3n) is 3.69. The average Bonchev–Trinajstić information content (AvgIpc) is 2.90. The minimum Gasteiger partial charge on any atom is -0.481 e. The molecule has 1 atom stereocenters. The lowest BCUT2D eigenvalue weighted by Crippen LogP contribution is -2.13. The third kappa shape index (κ3) is 4.64. The summed E-state index contributed by atoms with van der Waals surface area (Å²) in [6, 6.07) is 7.28. The summed E-state index contributed by atoms with van der Waals surface area (Å²) in [5, 5.41) is 12.8. The molecule has 5 nitrogen and oxygen atoms in total. The molecule has 2 aromatic rings. The van der Waals surface area contributed by atoms with Crippen LogP contribution in [0.15, 0.2) is 24.3 Å². The summed E-state index contributed by atoms with van der Waals surface area (Å²) < 4.78 is 0. The molecule has 0 aliphatic rings. The minimum absolute atomic E-state index is 0.154. The number of nitrogens with one attached hydrogen (secondary N) is 1. The van der Waals surface area contributed by atoms with Crippen molar-refractivity contribution in [2.24, 2.45) is 5.92 Å². The van der Waals surface area contributed by atoms with E-state index in [0.29, 0.717) is 17.0 Å². The largest absolute Gasteiger partial charge is 0.481 e. The molecule has 128 valence electrons. The zero-order chi connectivity index (χ0) is 17.7. The second-order valence-corrected chi connectivity index (χ2v) is 6.95. The second-order valence-electron chi connectivity index (χ2n) is 5.87. The monoisotopic (exact) mass is 346 g/mol.